The molecule has 2 amide bonds. The number of nitrogens with zero attached hydrogens (tertiary/aromatic N) is 2. The van der Waals surface area contributed by atoms with Gasteiger partial charge in [0.15, 0.2) is 0 Å². The van der Waals surface area contributed by atoms with Crippen molar-refractivity contribution in [1.29, 1.82) is 0 Å². The number of carbonyl (C=O) groups excluding carboxylic acids is 2. The molecule has 7 nitrogen and oxygen atoms in total. The van der Waals surface area contributed by atoms with Crippen LogP contribution in [0.25, 0.3) is 0 Å². The summed E-state index contributed by atoms with van der Waals surface area (Å²) in [6.07, 6.45) is 3.30. The lowest BCUT2D eigenvalue weighted by atomic mass is 10.1. The minimum atomic E-state index is -3.17. The average molecular weight is 394 g/mol. The summed E-state index contributed by atoms with van der Waals surface area (Å²) in [4.78, 5) is 26.0. The van der Waals surface area contributed by atoms with Gasteiger partial charge >= 0.3 is 0 Å². The number of carbonyl (C=O) groups is 2. The maximum atomic E-state index is 12.5. The van der Waals surface area contributed by atoms with Gasteiger partial charge in [-0.05, 0) is 49.9 Å². The Balaban J connectivity index is 1.53. The highest BCUT2D eigenvalue weighted by Gasteiger charge is 2.28. The van der Waals surface area contributed by atoms with Gasteiger partial charge in [0.2, 0.25) is 15.9 Å². The van der Waals surface area contributed by atoms with Gasteiger partial charge in [0, 0.05) is 43.3 Å². The smallest absolute Gasteiger partial charge is 0.251 e. The van der Waals surface area contributed by atoms with Gasteiger partial charge in [-0.1, -0.05) is 6.92 Å². The molecule has 3 rings (SSSR count). The van der Waals surface area contributed by atoms with E-state index in [1.165, 1.54) is 4.31 Å². The quantitative estimate of drug-likeness (QED) is 0.798. The van der Waals surface area contributed by atoms with E-state index in [1.807, 2.05) is 6.92 Å². The molecule has 0 saturated carbocycles. The van der Waals surface area contributed by atoms with Crippen LogP contribution in [0.4, 0.5) is 5.69 Å². The molecule has 27 heavy (non-hydrogen) atoms. The summed E-state index contributed by atoms with van der Waals surface area (Å²) in [7, 11) is -3.17. The molecule has 2 aliphatic heterocycles. The number of rotatable bonds is 6. The Kier molecular flexibility index (Phi) is 6.16. The van der Waals surface area contributed by atoms with Crippen LogP contribution in [0.3, 0.4) is 0 Å². The molecule has 2 aliphatic rings. The summed E-state index contributed by atoms with van der Waals surface area (Å²) in [5.74, 6) is 0.136. The Morgan fingerprint density at radius 2 is 1.81 bits per heavy atom. The summed E-state index contributed by atoms with van der Waals surface area (Å²) in [5, 5.41) is 3.00. The maximum absolute atomic E-state index is 12.5. The highest BCUT2D eigenvalue weighted by Crippen LogP contribution is 2.22. The molecule has 0 aliphatic carbocycles. The second-order valence-electron chi connectivity index (χ2n) is 7.16. The van der Waals surface area contributed by atoms with Crippen LogP contribution in [0, 0.1) is 0 Å². The lowest BCUT2D eigenvalue weighted by Crippen LogP contribution is -2.47. The van der Waals surface area contributed by atoms with E-state index in [4.69, 9.17) is 0 Å². The van der Waals surface area contributed by atoms with Crippen LogP contribution in [0.5, 0.6) is 0 Å². The van der Waals surface area contributed by atoms with Crippen molar-refractivity contribution < 1.29 is 18.0 Å². The van der Waals surface area contributed by atoms with Crippen molar-refractivity contribution in [1.82, 2.24) is 9.62 Å². The molecule has 0 aromatic heterocycles. The van der Waals surface area contributed by atoms with Crippen LogP contribution >= 0.6 is 0 Å². The molecule has 2 heterocycles. The number of sulfonamides is 1. The number of anilines is 1. The molecule has 0 unspecified atom stereocenters. The van der Waals surface area contributed by atoms with Crippen LogP contribution in [-0.4, -0.2) is 56.0 Å². The van der Waals surface area contributed by atoms with Gasteiger partial charge < -0.3 is 10.2 Å². The molecule has 0 radical (unpaired) electrons. The first kappa shape index (κ1) is 19.8. The fraction of sp³-hybridized carbons (Fsp3) is 0.579. The fourth-order valence-electron chi connectivity index (χ4n) is 3.65. The van der Waals surface area contributed by atoms with Gasteiger partial charge in [0.25, 0.3) is 5.91 Å². The van der Waals surface area contributed by atoms with Gasteiger partial charge in [-0.15, -0.1) is 0 Å². The standard InChI is InChI=1S/C19H27N3O4S/c1-2-14-27(25,26)21-12-9-16(10-13-21)20-19(24)15-5-7-17(8-6-15)22-11-3-4-18(22)23/h5-8,16H,2-4,9-14H2,1H3,(H,20,24). The molecule has 0 atom stereocenters. The van der Waals surface area contributed by atoms with Crippen LogP contribution < -0.4 is 10.2 Å². The second-order valence-corrected chi connectivity index (χ2v) is 9.25. The Labute approximate surface area is 160 Å². The zero-order chi connectivity index (χ0) is 19.4. The molecule has 0 bridgehead atoms. The molecular formula is C19H27N3O4S. The van der Waals surface area contributed by atoms with Crippen molar-refractivity contribution in [2.45, 2.75) is 45.1 Å². The Morgan fingerprint density at radius 3 is 2.37 bits per heavy atom. The van der Waals surface area contributed by atoms with E-state index >= 15 is 0 Å². The Hall–Kier alpha value is -1.93. The molecule has 148 valence electrons. The SMILES string of the molecule is CCCS(=O)(=O)N1CCC(NC(=O)c2ccc(N3CCCC3=O)cc2)CC1. The highest BCUT2D eigenvalue weighted by molar-refractivity contribution is 7.89. The van der Waals surface area contributed by atoms with E-state index in [1.54, 1.807) is 29.2 Å². The van der Waals surface area contributed by atoms with Crippen LogP contribution in [0.15, 0.2) is 24.3 Å². The fourth-order valence-corrected chi connectivity index (χ4v) is 5.19. The summed E-state index contributed by atoms with van der Waals surface area (Å²) in [6.45, 7) is 3.48. The summed E-state index contributed by atoms with van der Waals surface area (Å²) in [6, 6.07) is 7.05. The predicted octanol–water partition coefficient (Wildman–Crippen LogP) is 1.75. The first-order chi connectivity index (χ1) is 12.9. The van der Waals surface area contributed by atoms with E-state index in [0.717, 1.165) is 18.7 Å². The third-order valence-electron chi connectivity index (χ3n) is 5.16. The normalized spacial score (nSPS) is 19.4. The van der Waals surface area contributed by atoms with Gasteiger partial charge in [0.05, 0.1) is 5.75 Å². The predicted molar refractivity (Wildman–Crippen MR) is 104 cm³/mol. The number of benzene rings is 1. The van der Waals surface area contributed by atoms with E-state index < -0.39 is 10.0 Å². The Morgan fingerprint density at radius 1 is 1.15 bits per heavy atom. The first-order valence-corrected chi connectivity index (χ1v) is 11.2. The molecule has 2 fully saturated rings. The van der Waals surface area contributed by atoms with Crippen molar-refractivity contribution >= 4 is 27.5 Å². The van der Waals surface area contributed by atoms with Crippen molar-refractivity contribution in [3.63, 3.8) is 0 Å². The van der Waals surface area contributed by atoms with E-state index in [2.05, 4.69) is 5.32 Å². The monoisotopic (exact) mass is 393 g/mol. The molecule has 2 saturated heterocycles. The molecular weight excluding hydrogens is 366 g/mol. The summed E-state index contributed by atoms with van der Waals surface area (Å²) >= 11 is 0. The maximum Gasteiger partial charge on any atom is 0.251 e. The number of hydrogen-bond acceptors (Lipinski definition) is 4. The molecule has 1 N–H and O–H groups in total. The zero-order valence-electron chi connectivity index (χ0n) is 15.7. The van der Waals surface area contributed by atoms with Crippen LogP contribution in [0.1, 0.15) is 49.4 Å². The molecule has 1 aromatic carbocycles. The molecule has 1 aromatic rings. The number of nitrogens with one attached hydrogen (secondary N) is 1. The summed E-state index contributed by atoms with van der Waals surface area (Å²) < 4.78 is 25.7. The minimum Gasteiger partial charge on any atom is -0.349 e. The van der Waals surface area contributed by atoms with Crippen LogP contribution in [-0.2, 0) is 14.8 Å². The van der Waals surface area contributed by atoms with Crippen molar-refractivity contribution in [3.8, 4) is 0 Å². The third kappa shape index (κ3) is 4.68. The highest BCUT2D eigenvalue weighted by atomic mass is 32.2. The lowest BCUT2D eigenvalue weighted by Gasteiger charge is -2.31. The van der Waals surface area contributed by atoms with Gasteiger partial charge in [-0.2, -0.15) is 0 Å². The van der Waals surface area contributed by atoms with Crippen LogP contribution in [0.2, 0.25) is 0 Å². The second kappa shape index (κ2) is 8.39. The van der Waals surface area contributed by atoms with Crippen molar-refractivity contribution in [2.24, 2.45) is 0 Å². The van der Waals surface area contributed by atoms with E-state index in [9.17, 15) is 18.0 Å². The Bertz CT molecular complexity index is 784. The topological polar surface area (TPSA) is 86.8 Å². The lowest BCUT2D eigenvalue weighted by molar-refractivity contribution is -0.117. The van der Waals surface area contributed by atoms with Gasteiger partial charge in [-0.3, -0.25) is 9.59 Å². The van der Waals surface area contributed by atoms with E-state index in [0.29, 0.717) is 44.3 Å². The first-order valence-electron chi connectivity index (χ1n) is 9.60. The number of amides is 2. The number of hydrogen-bond donors (Lipinski definition) is 1. The largest absolute Gasteiger partial charge is 0.349 e. The minimum absolute atomic E-state index is 0.0228. The average Bonchev–Trinajstić information content (AvgIpc) is 3.08. The van der Waals surface area contributed by atoms with Gasteiger partial charge in [-0.25, -0.2) is 12.7 Å². The van der Waals surface area contributed by atoms with E-state index in [-0.39, 0.29) is 23.6 Å². The summed E-state index contributed by atoms with van der Waals surface area (Å²) in [5.41, 5.74) is 1.37. The third-order valence-corrected chi connectivity index (χ3v) is 7.24. The van der Waals surface area contributed by atoms with Crippen molar-refractivity contribution in [3.05, 3.63) is 29.8 Å². The zero-order valence-corrected chi connectivity index (χ0v) is 16.5. The van der Waals surface area contributed by atoms with Gasteiger partial charge in [0.1, 0.15) is 0 Å². The molecule has 0 spiro atoms. The van der Waals surface area contributed by atoms with Crippen molar-refractivity contribution in [2.75, 3.05) is 30.3 Å². The number of piperidine rings is 1. The molecule has 8 heteroatoms.